The van der Waals surface area contributed by atoms with Crippen LogP contribution in [0.4, 0.5) is 18.9 Å². The summed E-state index contributed by atoms with van der Waals surface area (Å²) < 4.78 is 71.8. The van der Waals surface area contributed by atoms with Crippen molar-refractivity contribution < 1.29 is 28.1 Å². The monoisotopic (exact) mass is 212 g/mol. The lowest BCUT2D eigenvalue weighted by atomic mass is 10.4. The highest BCUT2D eigenvalue weighted by Gasteiger charge is 2.15. The van der Waals surface area contributed by atoms with Crippen LogP contribution in [0, 0.1) is 5.82 Å². The molecule has 1 heterocycles. The van der Waals surface area contributed by atoms with Gasteiger partial charge in [0.15, 0.2) is 7.19 Å². The highest BCUT2D eigenvalue weighted by Crippen LogP contribution is 2.26. The molecule has 0 aromatic carbocycles. The number of ether oxygens (including phenoxy) is 2. The Morgan fingerprint density at radius 3 is 2.93 bits per heavy atom. The van der Waals surface area contributed by atoms with Gasteiger partial charge in [-0.2, -0.15) is 13.8 Å². The first-order chi connectivity index (χ1) is 7.98. The molecule has 0 amide bonds. The summed E-state index contributed by atoms with van der Waals surface area (Å²) in [5, 5.41) is 0. The van der Waals surface area contributed by atoms with Gasteiger partial charge < -0.3 is 15.2 Å². The van der Waals surface area contributed by atoms with Gasteiger partial charge in [0, 0.05) is 6.07 Å². The first-order valence-electron chi connectivity index (χ1n) is 5.20. The van der Waals surface area contributed by atoms with E-state index >= 15 is 0 Å². The quantitative estimate of drug-likeness (QED) is 0.823. The summed E-state index contributed by atoms with van der Waals surface area (Å²) >= 11 is 0. The van der Waals surface area contributed by atoms with Gasteiger partial charge >= 0.3 is 6.59 Å². The van der Waals surface area contributed by atoms with Crippen LogP contribution >= 0.6 is 0 Å². The Bertz CT molecular complexity index is 412. The third-order valence-electron chi connectivity index (χ3n) is 1.21. The van der Waals surface area contributed by atoms with E-state index in [-0.39, 0.29) is 0 Å². The Morgan fingerprint density at radius 2 is 2.36 bits per heavy atom. The molecular formula is C7H7F3N2O2. The minimum Gasteiger partial charge on any atom is -0.479 e. The largest absolute Gasteiger partial charge is 0.479 e. The van der Waals surface area contributed by atoms with E-state index in [9.17, 15) is 13.2 Å². The van der Waals surface area contributed by atoms with E-state index in [0.29, 0.717) is 6.07 Å². The van der Waals surface area contributed by atoms with Crippen LogP contribution in [0.1, 0.15) is 5.48 Å². The van der Waals surface area contributed by atoms with Crippen LogP contribution in [0.25, 0.3) is 0 Å². The molecule has 78 valence electrons. The number of halogens is 3. The van der Waals surface area contributed by atoms with Gasteiger partial charge in [-0.25, -0.2) is 4.39 Å². The maximum absolute atomic E-state index is 13.1. The summed E-state index contributed by atoms with van der Waals surface area (Å²) in [5.41, 5.74) is 4.68. The Labute approximate surface area is 83.1 Å². The van der Waals surface area contributed by atoms with E-state index in [2.05, 4.69) is 14.5 Å². The third kappa shape index (κ3) is 2.18. The van der Waals surface area contributed by atoms with Crippen LogP contribution in [0.15, 0.2) is 6.07 Å². The van der Waals surface area contributed by atoms with Crippen LogP contribution in [-0.4, -0.2) is 18.6 Å². The lowest BCUT2D eigenvalue weighted by Gasteiger charge is -2.07. The topological polar surface area (TPSA) is 57.4 Å². The van der Waals surface area contributed by atoms with E-state index in [1.54, 1.807) is 0 Å². The molecule has 0 spiro atoms. The van der Waals surface area contributed by atoms with Gasteiger partial charge in [-0.15, -0.1) is 0 Å². The van der Waals surface area contributed by atoms with Crippen LogP contribution in [0.3, 0.4) is 0 Å². The summed E-state index contributed by atoms with van der Waals surface area (Å²) in [6.45, 7) is -4.43. The summed E-state index contributed by atoms with van der Waals surface area (Å²) in [5.74, 6) is -3.46. The van der Waals surface area contributed by atoms with Crippen molar-refractivity contribution in [3.05, 3.63) is 11.9 Å². The molecule has 0 saturated heterocycles. The molecule has 0 saturated carbocycles. The molecule has 4 nitrogen and oxygen atoms in total. The van der Waals surface area contributed by atoms with E-state index in [0.717, 1.165) is 0 Å². The predicted octanol–water partition coefficient (Wildman–Crippen LogP) is 1.41. The van der Waals surface area contributed by atoms with Crippen LogP contribution in [0.2, 0.25) is 0 Å². The average Bonchev–Trinajstić information content (AvgIpc) is 2.08. The molecule has 0 aliphatic carbocycles. The third-order valence-corrected chi connectivity index (χ3v) is 1.21. The number of nitrogen functional groups attached to an aromatic ring is 1. The number of methoxy groups -OCH3 is 1. The molecule has 0 radical (unpaired) electrons. The van der Waals surface area contributed by atoms with Gasteiger partial charge in [0.2, 0.25) is 5.88 Å². The number of hydrogen-bond acceptors (Lipinski definition) is 4. The van der Waals surface area contributed by atoms with Crippen molar-refractivity contribution in [3.63, 3.8) is 0 Å². The van der Waals surface area contributed by atoms with E-state index in [1.165, 1.54) is 0 Å². The van der Waals surface area contributed by atoms with Crippen LogP contribution < -0.4 is 15.2 Å². The van der Waals surface area contributed by atoms with Gasteiger partial charge in [-0.05, 0) is 0 Å². The molecule has 0 aliphatic rings. The SMILES string of the molecule is [2H]C([2H])([2H])Oc1nc(OC([2H])(F)F)c(F)cc1N. The Kier molecular flexibility index (Phi) is 1.71. The van der Waals surface area contributed by atoms with Crippen LogP contribution in [-0.2, 0) is 0 Å². The predicted molar refractivity (Wildman–Crippen MR) is 41.8 cm³/mol. The van der Waals surface area contributed by atoms with Crippen molar-refractivity contribution in [2.75, 3.05) is 12.8 Å². The number of anilines is 1. The number of alkyl halides is 2. The van der Waals surface area contributed by atoms with Crippen molar-refractivity contribution in [3.8, 4) is 11.8 Å². The molecule has 2 N–H and O–H groups in total. The van der Waals surface area contributed by atoms with Gasteiger partial charge in [0.05, 0.1) is 16.8 Å². The zero-order chi connectivity index (χ0) is 14.1. The summed E-state index contributed by atoms with van der Waals surface area (Å²) in [6.07, 6.45) is 0. The maximum atomic E-state index is 13.1. The highest BCUT2D eigenvalue weighted by molar-refractivity contribution is 5.49. The normalized spacial score (nSPS) is 16.2. The Balaban J connectivity index is 3.10. The smallest absolute Gasteiger partial charge is 0.388 e. The van der Waals surface area contributed by atoms with Crippen LogP contribution in [0.5, 0.6) is 11.8 Å². The Morgan fingerprint density at radius 1 is 1.64 bits per heavy atom. The molecule has 0 aliphatic heterocycles. The summed E-state index contributed by atoms with van der Waals surface area (Å²) in [7, 11) is -2.94. The molecular weight excluding hydrogens is 201 g/mol. The zero-order valence-corrected chi connectivity index (χ0v) is 6.55. The molecule has 14 heavy (non-hydrogen) atoms. The zero-order valence-electron chi connectivity index (χ0n) is 10.6. The molecule has 1 aromatic heterocycles. The average molecular weight is 212 g/mol. The van der Waals surface area contributed by atoms with E-state index in [1.807, 2.05) is 0 Å². The van der Waals surface area contributed by atoms with Crippen molar-refractivity contribution in [2.45, 2.75) is 6.59 Å². The molecule has 1 aromatic rings. The molecule has 0 unspecified atom stereocenters. The molecule has 7 heteroatoms. The second kappa shape index (κ2) is 4.03. The highest BCUT2D eigenvalue weighted by atomic mass is 19.3. The fourth-order valence-corrected chi connectivity index (χ4v) is 0.697. The minimum absolute atomic E-state index is 0.495. The van der Waals surface area contributed by atoms with Crippen molar-refractivity contribution >= 4 is 5.69 Å². The second-order valence-corrected chi connectivity index (χ2v) is 2.10. The van der Waals surface area contributed by atoms with E-state index in [4.69, 9.17) is 11.2 Å². The first-order valence-corrected chi connectivity index (χ1v) is 3.20. The van der Waals surface area contributed by atoms with Crippen molar-refractivity contribution in [2.24, 2.45) is 0 Å². The fourth-order valence-electron chi connectivity index (χ4n) is 0.697. The fraction of sp³-hybridized carbons (Fsp3) is 0.286. The van der Waals surface area contributed by atoms with E-state index < -0.39 is 36.9 Å². The number of nitrogens with two attached hydrogens (primary N) is 1. The lowest BCUT2D eigenvalue weighted by Crippen LogP contribution is -2.07. The second-order valence-electron chi connectivity index (χ2n) is 2.10. The standard InChI is InChI=1S/C7H7F3N2O2/c1-13-6-4(11)2-3(8)5(12-6)14-7(9)10/h2,7H,11H2,1H3/i1D3,7D. The van der Waals surface area contributed by atoms with Crippen molar-refractivity contribution in [1.29, 1.82) is 0 Å². The number of nitrogens with zero attached hydrogens (tertiary/aromatic N) is 1. The van der Waals surface area contributed by atoms with Gasteiger partial charge in [0.1, 0.15) is 0 Å². The molecule has 1 rings (SSSR count). The Hall–Kier alpha value is -1.66. The number of aromatic nitrogens is 1. The number of rotatable bonds is 3. The molecule has 0 fully saturated rings. The number of pyridine rings is 1. The minimum atomic E-state index is -4.43. The molecule has 0 atom stereocenters. The maximum Gasteiger partial charge on any atom is 0.388 e. The molecule has 0 bridgehead atoms. The summed E-state index contributed by atoms with van der Waals surface area (Å²) in [6, 6.07) is 0.495. The van der Waals surface area contributed by atoms with Gasteiger partial charge in [-0.3, -0.25) is 0 Å². The summed E-state index contributed by atoms with van der Waals surface area (Å²) in [4.78, 5) is 3.04. The first kappa shape index (κ1) is 5.94. The number of hydrogen-bond donors (Lipinski definition) is 1. The van der Waals surface area contributed by atoms with Gasteiger partial charge in [-0.1, -0.05) is 0 Å². The van der Waals surface area contributed by atoms with Crippen molar-refractivity contribution in [1.82, 2.24) is 4.98 Å². The lowest BCUT2D eigenvalue weighted by molar-refractivity contribution is -0.0555. The van der Waals surface area contributed by atoms with Gasteiger partial charge in [0.25, 0.3) is 5.88 Å².